The zero-order valence-corrected chi connectivity index (χ0v) is 15.1. The highest BCUT2D eigenvalue weighted by Gasteiger charge is 2.15. The van der Waals surface area contributed by atoms with Crippen molar-refractivity contribution in [2.24, 2.45) is 0 Å². The van der Waals surface area contributed by atoms with Crippen LogP contribution in [0.5, 0.6) is 5.75 Å². The van der Waals surface area contributed by atoms with Gasteiger partial charge in [0.15, 0.2) is 5.16 Å². The maximum Gasteiger partial charge on any atom is 0.197 e. The topological polar surface area (TPSA) is 72.8 Å². The second kappa shape index (κ2) is 6.76. The smallest absolute Gasteiger partial charge is 0.197 e. The number of ether oxygens (including phenoxy) is 1. The van der Waals surface area contributed by atoms with Crippen LogP contribution in [0.2, 0.25) is 0 Å². The van der Waals surface area contributed by atoms with E-state index in [0.717, 1.165) is 5.56 Å². The summed E-state index contributed by atoms with van der Waals surface area (Å²) in [5, 5.41) is 0.148. The molecule has 0 aliphatic carbocycles. The molecular weight excluding hydrogens is 348 g/mol. The lowest BCUT2D eigenvalue weighted by Gasteiger charge is -2.08. The first-order valence-corrected chi connectivity index (χ1v) is 9.24. The van der Waals surface area contributed by atoms with Crippen molar-refractivity contribution < 1.29 is 13.1 Å². The summed E-state index contributed by atoms with van der Waals surface area (Å²) in [4.78, 5) is 11.5. The standard InChI is InChI=1S/C19H18N4O2S/c1-13-17(20-8-7-18(13)25-2)12-26(24)19-21-15-6-5-14(11-16(15)22-19)23-9-3-4-10-23/h3-11H,12H2,1-2H3,(H,21,22)/i5D,6D,11D. The van der Waals surface area contributed by atoms with Crippen molar-refractivity contribution in [2.75, 3.05) is 7.11 Å². The van der Waals surface area contributed by atoms with Gasteiger partial charge in [-0.3, -0.25) is 9.19 Å². The molecule has 4 aromatic rings. The number of H-pyrrole nitrogens is 1. The van der Waals surface area contributed by atoms with E-state index in [4.69, 9.17) is 8.85 Å². The van der Waals surface area contributed by atoms with Crippen LogP contribution in [-0.4, -0.2) is 30.8 Å². The van der Waals surface area contributed by atoms with Gasteiger partial charge < -0.3 is 14.3 Å². The van der Waals surface area contributed by atoms with Crippen LogP contribution in [0.15, 0.2) is 60.1 Å². The fourth-order valence-electron chi connectivity index (χ4n) is 2.64. The number of pyridine rings is 1. The molecule has 1 aromatic carbocycles. The SMILES string of the molecule is [2H]c1c(-n2cccc2)c([2H])c2[nH]c(S(=O)Cc3nccc(OC)c3C)nc2c1[2H]. The summed E-state index contributed by atoms with van der Waals surface area (Å²) in [6, 6.07) is 5.11. The van der Waals surface area contributed by atoms with Crippen LogP contribution >= 0.6 is 0 Å². The second-order valence-corrected chi connectivity index (χ2v) is 7.02. The molecule has 1 N–H and O–H groups in total. The second-order valence-electron chi connectivity index (χ2n) is 5.65. The fourth-order valence-corrected chi connectivity index (χ4v) is 3.72. The van der Waals surface area contributed by atoms with Crippen LogP contribution in [0.3, 0.4) is 0 Å². The molecule has 3 aromatic heterocycles. The predicted molar refractivity (Wildman–Crippen MR) is 101 cm³/mol. The van der Waals surface area contributed by atoms with Crippen molar-refractivity contribution in [1.29, 1.82) is 0 Å². The van der Waals surface area contributed by atoms with Crippen molar-refractivity contribution in [3.05, 3.63) is 66.2 Å². The molecule has 0 aliphatic rings. The quantitative estimate of drug-likeness (QED) is 0.585. The molecular formula is C19H18N4O2S. The average Bonchev–Trinajstić information content (AvgIpc) is 3.38. The zero-order chi connectivity index (χ0) is 20.7. The highest BCUT2D eigenvalue weighted by atomic mass is 32.2. The normalized spacial score (nSPS) is 14.0. The molecule has 0 aliphatic heterocycles. The van der Waals surface area contributed by atoms with Crippen molar-refractivity contribution in [2.45, 2.75) is 17.8 Å². The van der Waals surface area contributed by atoms with Gasteiger partial charge in [-0.15, -0.1) is 0 Å². The first-order valence-electron chi connectivity index (χ1n) is 9.42. The van der Waals surface area contributed by atoms with E-state index in [0.29, 0.717) is 11.4 Å². The Hall–Kier alpha value is -2.93. The van der Waals surface area contributed by atoms with Gasteiger partial charge in [-0.2, -0.15) is 0 Å². The number of hydrogen-bond acceptors (Lipinski definition) is 4. The molecule has 0 amide bonds. The minimum atomic E-state index is -1.57. The van der Waals surface area contributed by atoms with E-state index in [1.54, 1.807) is 48.5 Å². The lowest BCUT2D eigenvalue weighted by molar-refractivity contribution is 0.410. The molecule has 0 saturated heterocycles. The third kappa shape index (κ3) is 3.01. The summed E-state index contributed by atoms with van der Waals surface area (Å²) in [5.41, 5.74) is 2.14. The molecule has 6 nitrogen and oxygen atoms in total. The van der Waals surface area contributed by atoms with Crippen LogP contribution < -0.4 is 4.74 Å². The first-order chi connectivity index (χ1) is 13.9. The molecule has 0 spiro atoms. The Kier molecular flexibility index (Phi) is 3.46. The molecule has 26 heavy (non-hydrogen) atoms. The minimum Gasteiger partial charge on any atom is -0.496 e. The number of nitrogens with one attached hydrogen (secondary N) is 1. The van der Waals surface area contributed by atoms with E-state index in [1.165, 1.54) is 0 Å². The molecule has 0 bridgehead atoms. The lowest BCUT2D eigenvalue weighted by atomic mass is 10.2. The molecule has 0 fully saturated rings. The third-order valence-corrected chi connectivity index (χ3v) is 5.21. The molecule has 0 radical (unpaired) electrons. The van der Waals surface area contributed by atoms with Gasteiger partial charge in [0.25, 0.3) is 0 Å². The van der Waals surface area contributed by atoms with E-state index in [1.807, 2.05) is 6.92 Å². The summed E-state index contributed by atoms with van der Waals surface area (Å²) in [7, 11) is -0.00932. The number of aromatic nitrogens is 4. The highest BCUT2D eigenvalue weighted by Crippen LogP contribution is 2.22. The van der Waals surface area contributed by atoms with E-state index in [-0.39, 0.29) is 45.8 Å². The number of fused-ring (bicyclic) bond motifs is 1. The Bertz CT molecular complexity index is 1240. The van der Waals surface area contributed by atoms with Gasteiger partial charge in [-0.1, -0.05) is 0 Å². The van der Waals surface area contributed by atoms with Gasteiger partial charge in [0.05, 0.1) is 44.5 Å². The Morgan fingerprint density at radius 2 is 2.15 bits per heavy atom. The Morgan fingerprint density at radius 3 is 2.92 bits per heavy atom. The first kappa shape index (κ1) is 13.3. The van der Waals surface area contributed by atoms with Crippen LogP contribution in [0.1, 0.15) is 15.4 Å². The number of imidazole rings is 1. The van der Waals surface area contributed by atoms with Gasteiger partial charge in [0.2, 0.25) is 0 Å². The summed E-state index contributed by atoms with van der Waals surface area (Å²) >= 11 is 0. The van der Waals surface area contributed by atoms with E-state index in [9.17, 15) is 4.21 Å². The van der Waals surface area contributed by atoms with Gasteiger partial charge in [0, 0.05) is 29.8 Å². The summed E-state index contributed by atoms with van der Waals surface area (Å²) in [6.45, 7) is 1.84. The molecule has 1 atom stereocenters. The summed E-state index contributed by atoms with van der Waals surface area (Å²) in [5.74, 6) is 0.774. The van der Waals surface area contributed by atoms with Crippen molar-refractivity contribution >= 4 is 21.8 Å². The number of methoxy groups -OCH3 is 1. The number of benzene rings is 1. The van der Waals surface area contributed by atoms with E-state index in [2.05, 4.69) is 15.0 Å². The predicted octanol–water partition coefficient (Wildman–Crippen LogP) is 3.37. The number of aromatic amines is 1. The molecule has 7 heteroatoms. The van der Waals surface area contributed by atoms with Crippen LogP contribution in [0.4, 0.5) is 0 Å². The zero-order valence-electron chi connectivity index (χ0n) is 17.2. The average molecular weight is 369 g/mol. The van der Waals surface area contributed by atoms with Crippen LogP contribution in [0.25, 0.3) is 16.7 Å². The Labute approximate surface area is 157 Å². The van der Waals surface area contributed by atoms with Crippen molar-refractivity contribution in [3.63, 3.8) is 0 Å². The number of hydrogen-bond donors (Lipinski definition) is 1. The fraction of sp³-hybridized carbons (Fsp3) is 0.158. The monoisotopic (exact) mass is 369 g/mol. The molecule has 1 unspecified atom stereocenters. The number of nitrogens with zero attached hydrogens (tertiary/aromatic N) is 3. The van der Waals surface area contributed by atoms with Gasteiger partial charge in [-0.25, -0.2) is 4.98 Å². The van der Waals surface area contributed by atoms with Crippen molar-refractivity contribution in [1.82, 2.24) is 19.5 Å². The van der Waals surface area contributed by atoms with Crippen LogP contribution in [0, 0.1) is 6.92 Å². The molecule has 3 heterocycles. The molecule has 4 rings (SSSR count). The highest BCUT2D eigenvalue weighted by molar-refractivity contribution is 7.84. The summed E-state index contributed by atoms with van der Waals surface area (Å²) < 4.78 is 44.9. The molecule has 0 saturated carbocycles. The van der Waals surface area contributed by atoms with Gasteiger partial charge >= 0.3 is 0 Å². The van der Waals surface area contributed by atoms with Gasteiger partial charge in [0.1, 0.15) is 5.75 Å². The van der Waals surface area contributed by atoms with Crippen LogP contribution in [-0.2, 0) is 16.6 Å². The largest absolute Gasteiger partial charge is 0.496 e. The maximum atomic E-state index is 12.9. The maximum absolute atomic E-state index is 12.9. The molecule has 132 valence electrons. The Morgan fingerprint density at radius 1 is 1.35 bits per heavy atom. The van der Waals surface area contributed by atoms with Gasteiger partial charge in [-0.05, 0) is 43.3 Å². The van der Waals surface area contributed by atoms with E-state index >= 15 is 0 Å². The lowest BCUT2D eigenvalue weighted by Crippen LogP contribution is -2.03. The minimum absolute atomic E-state index is 0.0311. The van der Waals surface area contributed by atoms with Crippen molar-refractivity contribution in [3.8, 4) is 11.4 Å². The Balaban J connectivity index is 1.77. The number of rotatable bonds is 5. The third-order valence-electron chi connectivity index (χ3n) is 4.05. The van der Waals surface area contributed by atoms with E-state index < -0.39 is 10.8 Å². The summed E-state index contributed by atoms with van der Waals surface area (Å²) in [6.07, 6.45) is 5.02.